The second kappa shape index (κ2) is 7.25. The number of rotatable bonds is 2. The molecule has 0 unspecified atom stereocenters. The van der Waals surface area contributed by atoms with Crippen LogP contribution < -0.4 is 4.90 Å². The first-order valence-corrected chi connectivity index (χ1v) is 11.4. The van der Waals surface area contributed by atoms with E-state index in [9.17, 15) is 23.6 Å². The van der Waals surface area contributed by atoms with Gasteiger partial charge in [0, 0.05) is 15.6 Å². The lowest BCUT2D eigenvalue weighted by atomic mass is 9.77. The number of hydrogen-bond donors (Lipinski definition) is 0. The van der Waals surface area contributed by atoms with Crippen LogP contribution in [0.15, 0.2) is 77.3 Å². The zero-order valence-electron chi connectivity index (χ0n) is 17.4. The number of hydrogen-bond acceptors (Lipinski definition) is 5. The van der Waals surface area contributed by atoms with Crippen LogP contribution >= 0.6 is 15.9 Å². The Bertz CT molecular complexity index is 1370. The largest absolute Gasteiger partial charge is 0.349 e. The summed E-state index contributed by atoms with van der Waals surface area (Å²) >= 11 is 3.37. The standard InChI is InChI=1S/C26H15BrFNO5/c27-14-7-5-13(6-8-14)21-19-20(25(33)29(24(19)32)16-11-9-15(28)10-12-16)26(34-21)22(30)17-3-1-2-4-18(17)23(26)31/h1-12,19-21H/t19-,20+,21-/m0/s1. The van der Waals surface area contributed by atoms with E-state index in [0.29, 0.717) is 5.56 Å². The summed E-state index contributed by atoms with van der Waals surface area (Å²) in [7, 11) is 0. The van der Waals surface area contributed by atoms with E-state index in [0.717, 1.165) is 21.5 Å². The zero-order chi connectivity index (χ0) is 23.8. The Morgan fingerprint density at radius 2 is 1.38 bits per heavy atom. The highest BCUT2D eigenvalue weighted by molar-refractivity contribution is 9.10. The van der Waals surface area contributed by atoms with Gasteiger partial charge >= 0.3 is 0 Å². The number of carbonyl (C=O) groups excluding carboxylic acids is 4. The topological polar surface area (TPSA) is 80.8 Å². The van der Waals surface area contributed by atoms with Crippen LogP contribution in [0.3, 0.4) is 0 Å². The molecule has 1 aliphatic carbocycles. The Balaban J connectivity index is 1.54. The van der Waals surface area contributed by atoms with Gasteiger partial charge < -0.3 is 4.74 Å². The molecule has 6 nitrogen and oxygen atoms in total. The van der Waals surface area contributed by atoms with E-state index in [1.807, 2.05) is 0 Å². The molecule has 168 valence electrons. The van der Waals surface area contributed by atoms with Crippen molar-refractivity contribution in [3.8, 4) is 0 Å². The molecule has 8 heteroatoms. The predicted molar refractivity (Wildman–Crippen MR) is 122 cm³/mol. The van der Waals surface area contributed by atoms with E-state index in [-0.39, 0.29) is 16.8 Å². The van der Waals surface area contributed by atoms with Gasteiger partial charge in [-0.15, -0.1) is 0 Å². The van der Waals surface area contributed by atoms with E-state index >= 15 is 0 Å². The first-order chi connectivity index (χ1) is 16.3. The van der Waals surface area contributed by atoms with Gasteiger partial charge in [-0.05, 0) is 42.0 Å². The molecule has 3 atom stereocenters. The lowest BCUT2D eigenvalue weighted by Crippen LogP contribution is -2.51. The first kappa shape index (κ1) is 21.1. The number of ether oxygens (including phenoxy) is 1. The van der Waals surface area contributed by atoms with Crippen molar-refractivity contribution in [1.29, 1.82) is 0 Å². The van der Waals surface area contributed by atoms with Crippen molar-refractivity contribution in [3.05, 3.63) is 99.8 Å². The van der Waals surface area contributed by atoms with Crippen molar-refractivity contribution in [2.24, 2.45) is 11.8 Å². The van der Waals surface area contributed by atoms with Gasteiger partial charge in [0.15, 0.2) is 0 Å². The number of amides is 2. The molecule has 2 fully saturated rings. The van der Waals surface area contributed by atoms with Crippen molar-refractivity contribution in [2.45, 2.75) is 11.7 Å². The Morgan fingerprint density at radius 3 is 1.97 bits per heavy atom. The maximum absolute atomic E-state index is 13.7. The van der Waals surface area contributed by atoms with E-state index in [4.69, 9.17) is 4.74 Å². The summed E-state index contributed by atoms with van der Waals surface area (Å²) in [5.41, 5.74) is -1.06. The van der Waals surface area contributed by atoms with Gasteiger partial charge in [-0.1, -0.05) is 52.3 Å². The molecular weight excluding hydrogens is 505 g/mol. The van der Waals surface area contributed by atoms with Crippen molar-refractivity contribution in [3.63, 3.8) is 0 Å². The number of nitrogens with zero attached hydrogens (tertiary/aromatic N) is 1. The van der Waals surface area contributed by atoms with E-state index in [1.165, 1.54) is 24.3 Å². The maximum Gasteiger partial charge on any atom is 0.241 e. The van der Waals surface area contributed by atoms with Crippen LogP contribution in [0.5, 0.6) is 0 Å². The van der Waals surface area contributed by atoms with Crippen LogP contribution in [-0.4, -0.2) is 29.0 Å². The molecule has 6 rings (SSSR count). The van der Waals surface area contributed by atoms with E-state index in [2.05, 4.69) is 15.9 Å². The van der Waals surface area contributed by atoms with Crippen LogP contribution in [0.25, 0.3) is 0 Å². The number of benzene rings is 3. The second-order valence-corrected chi connectivity index (χ2v) is 9.44. The van der Waals surface area contributed by atoms with Crippen LogP contribution in [0.1, 0.15) is 32.4 Å². The molecule has 2 amide bonds. The summed E-state index contributed by atoms with van der Waals surface area (Å²) < 4.78 is 20.5. The lowest BCUT2D eigenvalue weighted by molar-refractivity contribution is -0.127. The fourth-order valence-electron chi connectivity index (χ4n) is 5.32. The predicted octanol–water partition coefficient (Wildman–Crippen LogP) is 4.28. The fraction of sp³-hybridized carbons (Fsp3) is 0.154. The third-order valence-corrected chi connectivity index (χ3v) is 7.33. The van der Waals surface area contributed by atoms with Gasteiger partial charge in [0.1, 0.15) is 5.82 Å². The third kappa shape index (κ3) is 2.63. The van der Waals surface area contributed by atoms with Crippen LogP contribution in [-0.2, 0) is 14.3 Å². The monoisotopic (exact) mass is 519 g/mol. The van der Waals surface area contributed by atoms with Crippen molar-refractivity contribution < 1.29 is 28.3 Å². The van der Waals surface area contributed by atoms with Crippen molar-refractivity contribution >= 4 is 45.0 Å². The molecule has 0 aromatic heterocycles. The Kier molecular flexibility index (Phi) is 4.49. The summed E-state index contributed by atoms with van der Waals surface area (Å²) in [4.78, 5) is 55.7. The minimum absolute atomic E-state index is 0.170. The Morgan fingerprint density at radius 1 is 0.794 bits per heavy atom. The Labute approximate surface area is 201 Å². The number of anilines is 1. The molecular formula is C26H15BrFNO5. The molecule has 2 heterocycles. The normalized spacial score (nSPS) is 24.8. The molecule has 0 radical (unpaired) electrons. The van der Waals surface area contributed by atoms with Crippen molar-refractivity contribution in [1.82, 2.24) is 0 Å². The highest BCUT2D eigenvalue weighted by atomic mass is 79.9. The fourth-order valence-corrected chi connectivity index (χ4v) is 5.58. The number of halogens is 2. The molecule has 0 N–H and O–H groups in total. The third-order valence-electron chi connectivity index (χ3n) is 6.80. The SMILES string of the molecule is O=C1[C@@H]2[C@H](c3ccc(Br)cc3)OC3(C(=O)c4ccccc4C3=O)[C@H]2C(=O)N1c1ccc(F)cc1. The molecule has 2 saturated heterocycles. The number of carbonyl (C=O) groups is 4. The summed E-state index contributed by atoms with van der Waals surface area (Å²) in [6.45, 7) is 0. The molecule has 2 aliphatic heterocycles. The number of imide groups is 1. The van der Waals surface area contributed by atoms with Gasteiger partial charge in [0.25, 0.3) is 0 Å². The van der Waals surface area contributed by atoms with Crippen LogP contribution in [0.2, 0.25) is 0 Å². The summed E-state index contributed by atoms with van der Waals surface area (Å²) in [6.07, 6.45) is -0.998. The minimum Gasteiger partial charge on any atom is -0.349 e. The molecule has 1 spiro atoms. The molecule has 3 aromatic rings. The number of fused-ring (bicyclic) bond motifs is 3. The van der Waals surface area contributed by atoms with Gasteiger partial charge in [-0.2, -0.15) is 0 Å². The molecule has 3 aromatic carbocycles. The summed E-state index contributed by atoms with van der Waals surface area (Å²) in [5, 5.41) is 0. The van der Waals surface area contributed by atoms with Crippen LogP contribution in [0.4, 0.5) is 10.1 Å². The quantitative estimate of drug-likeness (QED) is 0.372. The van der Waals surface area contributed by atoms with Gasteiger partial charge in [0.2, 0.25) is 29.0 Å². The van der Waals surface area contributed by atoms with Gasteiger partial charge in [-0.3, -0.25) is 19.2 Å². The van der Waals surface area contributed by atoms with E-state index < -0.39 is 52.7 Å². The molecule has 3 aliphatic rings. The maximum atomic E-state index is 13.7. The van der Waals surface area contributed by atoms with Crippen LogP contribution in [0, 0.1) is 17.7 Å². The smallest absolute Gasteiger partial charge is 0.241 e. The average molecular weight is 520 g/mol. The number of ketones is 2. The van der Waals surface area contributed by atoms with Gasteiger partial charge in [-0.25, -0.2) is 9.29 Å². The highest BCUT2D eigenvalue weighted by Crippen LogP contribution is 2.57. The van der Waals surface area contributed by atoms with E-state index in [1.54, 1.807) is 36.4 Å². The highest BCUT2D eigenvalue weighted by Gasteiger charge is 2.74. The zero-order valence-corrected chi connectivity index (χ0v) is 19.0. The van der Waals surface area contributed by atoms with Gasteiger partial charge in [0.05, 0.1) is 23.6 Å². The lowest BCUT2D eigenvalue weighted by Gasteiger charge is -2.27. The minimum atomic E-state index is -2.13. The molecule has 0 saturated carbocycles. The molecule has 0 bridgehead atoms. The summed E-state index contributed by atoms with van der Waals surface area (Å²) in [5.74, 6) is -5.51. The second-order valence-electron chi connectivity index (χ2n) is 8.52. The summed E-state index contributed by atoms with van der Waals surface area (Å²) in [6, 6.07) is 18.2. The first-order valence-electron chi connectivity index (χ1n) is 10.6. The molecule has 34 heavy (non-hydrogen) atoms. The average Bonchev–Trinajstić information content (AvgIpc) is 3.40. The Hall–Kier alpha value is -3.49. The van der Waals surface area contributed by atoms with Crippen molar-refractivity contribution in [2.75, 3.05) is 4.90 Å². The number of Topliss-reactive ketones (excluding diaryl/α,β-unsaturated/α-hetero) is 2.